The fourth-order valence-corrected chi connectivity index (χ4v) is 2.22. The third-order valence-corrected chi connectivity index (χ3v) is 3.79. The number of benzene rings is 2. The van der Waals surface area contributed by atoms with Crippen molar-refractivity contribution >= 4 is 27.5 Å². The van der Waals surface area contributed by atoms with Crippen LogP contribution in [0.15, 0.2) is 46.9 Å². The third-order valence-electron chi connectivity index (χ3n) is 3.10. The van der Waals surface area contributed by atoms with Crippen molar-refractivity contribution in [2.24, 2.45) is 5.73 Å². The van der Waals surface area contributed by atoms with Crippen molar-refractivity contribution < 1.29 is 4.79 Å². The molecular formula is C16H17BrN2O. The van der Waals surface area contributed by atoms with E-state index in [1.165, 1.54) is 0 Å². The highest BCUT2D eigenvalue weighted by atomic mass is 79.9. The Balaban J connectivity index is 2.15. The summed E-state index contributed by atoms with van der Waals surface area (Å²) in [5.74, 6) is -0.222. The predicted octanol–water partition coefficient (Wildman–Crippen LogP) is 3.70. The Bertz CT molecular complexity index is 623. The van der Waals surface area contributed by atoms with Gasteiger partial charge in [-0.15, -0.1) is 0 Å². The number of nitrogens with two attached hydrogens (primary N) is 1. The Morgan fingerprint density at radius 1 is 1.10 bits per heavy atom. The summed E-state index contributed by atoms with van der Waals surface area (Å²) in [7, 11) is 0. The van der Waals surface area contributed by atoms with Gasteiger partial charge in [-0.05, 0) is 53.0 Å². The Labute approximate surface area is 127 Å². The van der Waals surface area contributed by atoms with Gasteiger partial charge in [-0.3, -0.25) is 4.79 Å². The zero-order valence-corrected chi connectivity index (χ0v) is 13.1. The van der Waals surface area contributed by atoms with E-state index < -0.39 is 6.04 Å². The molecule has 1 atom stereocenters. The van der Waals surface area contributed by atoms with E-state index in [-0.39, 0.29) is 5.91 Å². The average Bonchev–Trinajstić information content (AvgIpc) is 2.43. The van der Waals surface area contributed by atoms with Crippen LogP contribution in [0.3, 0.4) is 0 Å². The molecule has 0 saturated carbocycles. The summed E-state index contributed by atoms with van der Waals surface area (Å²) in [5, 5.41) is 2.85. The number of aryl methyl sites for hydroxylation is 2. The SMILES string of the molecule is Cc1ccc(C(N)C(=O)Nc2cc(C)ccc2Br)cc1. The largest absolute Gasteiger partial charge is 0.323 e. The molecule has 20 heavy (non-hydrogen) atoms. The minimum atomic E-state index is -0.678. The van der Waals surface area contributed by atoms with Gasteiger partial charge in [0.15, 0.2) is 0 Å². The van der Waals surface area contributed by atoms with Crippen LogP contribution in [0.2, 0.25) is 0 Å². The first-order chi connectivity index (χ1) is 9.47. The summed E-state index contributed by atoms with van der Waals surface area (Å²) in [5.41, 5.74) is 9.75. The number of rotatable bonds is 3. The molecule has 0 spiro atoms. The second-order valence-corrected chi connectivity index (χ2v) is 5.72. The van der Waals surface area contributed by atoms with E-state index in [0.29, 0.717) is 0 Å². The topological polar surface area (TPSA) is 55.1 Å². The maximum absolute atomic E-state index is 12.2. The Morgan fingerprint density at radius 3 is 2.35 bits per heavy atom. The number of hydrogen-bond acceptors (Lipinski definition) is 2. The lowest BCUT2D eigenvalue weighted by atomic mass is 10.1. The van der Waals surface area contributed by atoms with E-state index in [4.69, 9.17) is 5.73 Å². The van der Waals surface area contributed by atoms with E-state index >= 15 is 0 Å². The van der Waals surface area contributed by atoms with Crippen LogP contribution in [-0.4, -0.2) is 5.91 Å². The molecule has 2 rings (SSSR count). The third kappa shape index (κ3) is 3.46. The first-order valence-electron chi connectivity index (χ1n) is 6.36. The van der Waals surface area contributed by atoms with E-state index in [1.54, 1.807) is 0 Å². The van der Waals surface area contributed by atoms with Crippen LogP contribution in [0.5, 0.6) is 0 Å². The fraction of sp³-hybridized carbons (Fsp3) is 0.188. The smallest absolute Gasteiger partial charge is 0.245 e. The normalized spacial score (nSPS) is 12.0. The van der Waals surface area contributed by atoms with Gasteiger partial charge in [-0.25, -0.2) is 0 Å². The van der Waals surface area contributed by atoms with Gasteiger partial charge < -0.3 is 11.1 Å². The van der Waals surface area contributed by atoms with Crippen molar-refractivity contribution in [2.45, 2.75) is 19.9 Å². The molecule has 0 aliphatic heterocycles. The van der Waals surface area contributed by atoms with E-state index in [0.717, 1.165) is 26.9 Å². The molecule has 1 unspecified atom stereocenters. The first kappa shape index (κ1) is 14.8. The minimum Gasteiger partial charge on any atom is -0.323 e. The molecule has 3 N–H and O–H groups in total. The zero-order valence-electron chi connectivity index (χ0n) is 11.5. The van der Waals surface area contributed by atoms with Crippen LogP contribution in [0.1, 0.15) is 22.7 Å². The van der Waals surface area contributed by atoms with Crippen molar-refractivity contribution in [1.82, 2.24) is 0 Å². The zero-order chi connectivity index (χ0) is 14.7. The molecule has 3 nitrogen and oxygen atoms in total. The number of anilines is 1. The summed E-state index contributed by atoms with van der Waals surface area (Å²) in [6.07, 6.45) is 0. The Hall–Kier alpha value is -1.65. The molecule has 0 bridgehead atoms. The van der Waals surface area contributed by atoms with Crippen molar-refractivity contribution in [3.05, 3.63) is 63.6 Å². The van der Waals surface area contributed by atoms with E-state index in [2.05, 4.69) is 21.2 Å². The van der Waals surface area contributed by atoms with Crippen molar-refractivity contribution in [3.8, 4) is 0 Å². The molecular weight excluding hydrogens is 316 g/mol. The predicted molar refractivity (Wildman–Crippen MR) is 85.6 cm³/mol. The van der Waals surface area contributed by atoms with Crippen molar-refractivity contribution in [3.63, 3.8) is 0 Å². The van der Waals surface area contributed by atoms with Gasteiger partial charge in [-0.1, -0.05) is 35.9 Å². The Kier molecular flexibility index (Phi) is 4.57. The average molecular weight is 333 g/mol. The van der Waals surface area contributed by atoms with Crippen LogP contribution >= 0.6 is 15.9 Å². The lowest BCUT2D eigenvalue weighted by Gasteiger charge is -2.14. The highest BCUT2D eigenvalue weighted by Gasteiger charge is 2.16. The summed E-state index contributed by atoms with van der Waals surface area (Å²) in [6, 6.07) is 12.8. The number of amides is 1. The standard InChI is InChI=1S/C16H17BrN2O/c1-10-3-6-12(7-4-10)15(18)16(20)19-14-9-11(2)5-8-13(14)17/h3-9,15H,18H2,1-2H3,(H,19,20). The molecule has 0 fully saturated rings. The second-order valence-electron chi connectivity index (χ2n) is 4.86. The monoisotopic (exact) mass is 332 g/mol. The highest BCUT2D eigenvalue weighted by molar-refractivity contribution is 9.10. The highest BCUT2D eigenvalue weighted by Crippen LogP contribution is 2.24. The van der Waals surface area contributed by atoms with Crippen LogP contribution < -0.4 is 11.1 Å². The van der Waals surface area contributed by atoms with Gasteiger partial charge in [0, 0.05) is 4.47 Å². The van der Waals surface area contributed by atoms with Gasteiger partial charge in [-0.2, -0.15) is 0 Å². The molecule has 1 amide bonds. The molecule has 0 aliphatic carbocycles. The molecule has 0 saturated heterocycles. The van der Waals surface area contributed by atoms with Crippen LogP contribution in [0, 0.1) is 13.8 Å². The van der Waals surface area contributed by atoms with Gasteiger partial charge in [0.1, 0.15) is 6.04 Å². The first-order valence-corrected chi connectivity index (χ1v) is 7.16. The minimum absolute atomic E-state index is 0.222. The van der Waals surface area contributed by atoms with Crippen LogP contribution in [0.4, 0.5) is 5.69 Å². The van der Waals surface area contributed by atoms with Crippen molar-refractivity contribution in [1.29, 1.82) is 0 Å². The fourth-order valence-electron chi connectivity index (χ4n) is 1.87. The van der Waals surface area contributed by atoms with Gasteiger partial charge in [0.25, 0.3) is 0 Å². The molecule has 4 heteroatoms. The molecule has 2 aromatic rings. The summed E-state index contributed by atoms with van der Waals surface area (Å²) in [4.78, 5) is 12.2. The lowest BCUT2D eigenvalue weighted by molar-refractivity contribution is -0.117. The molecule has 2 aromatic carbocycles. The molecule has 0 radical (unpaired) electrons. The number of nitrogens with one attached hydrogen (secondary N) is 1. The molecule has 0 heterocycles. The maximum atomic E-state index is 12.2. The van der Waals surface area contributed by atoms with Gasteiger partial charge in [0.05, 0.1) is 5.69 Å². The lowest BCUT2D eigenvalue weighted by Crippen LogP contribution is -2.27. The molecule has 0 aliphatic rings. The maximum Gasteiger partial charge on any atom is 0.245 e. The van der Waals surface area contributed by atoms with Crippen molar-refractivity contribution in [2.75, 3.05) is 5.32 Å². The summed E-state index contributed by atoms with van der Waals surface area (Å²) >= 11 is 3.42. The van der Waals surface area contributed by atoms with Crippen LogP contribution in [-0.2, 0) is 4.79 Å². The number of carbonyl (C=O) groups is 1. The second kappa shape index (κ2) is 6.20. The van der Waals surface area contributed by atoms with E-state index in [1.807, 2.05) is 56.3 Å². The quantitative estimate of drug-likeness (QED) is 0.900. The molecule has 104 valence electrons. The Morgan fingerprint density at radius 2 is 1.70 bits per heavy atom. The van der Waals surface area contributed by atoms with E-state index in [9.17, 15) is 4.79 Å². The number of halogens is 1. The van der Waals surface area contributed by atoms with Gasteiger partial charge in [0.2, 0.25) is 5.91 Å². The number of carbonyl (C=O) groups excluding carboxylic acids is 1. The van der Waals surface area contributed by atoms with Crippen LogP contribution in [0.25, 0.3) is 0 Å². The van der Waals surface area contributed by atoms with Gasteiger partial charge >= 0.3 is 0 Å². The number of hydrogen-bond donors (Lipinski definition) is 2. The summed E-state index contributed by atoms with van der Waals surface area (Å²) < 4.78 is 0.840. The summed E-state index contributed by atoms with van der Waals surface area (Å²) in [6.45, 7) is 3.97. The molecule has 0 aromatic heterocycles.